The van der Waals surface area contributed by atoms with Crippen molar-refractivity contribution >= 4 is 0 Å². The lowest BCUT2D eigenvalue weighted by atomic mass is 10.0. The lowest BCUT2D eigenvalue weighted by molar-refractivity contribution is 0.460. The number of hydrogen-bond donors (Lipinski definition) is 1. The van der Waals surface area contributed by atoms with E-state index in [4.69, 9.17) is 4.42 Å². The Hall–Kier alpha value is -1.54. The highest BCUT2D eigenvalue weighted by Gasteiger charge is 2.17. The molecule has 16 heavy (non-hydrogen) atoms. The van der Waals surface area contributed by atoms with E-state index >= 15 is 0 Å². The lowest BCUT2D eigenvalue weighted by Gasteiger charge is -2.15. The minimum absolute atomic E-state index is 0.134. The number of rotatable bonds is 3. The predicted octanol–water partition coefficient (Wildman–Crippen LogP) is 3.21. The number of nitrogens with one attached hydrogen (secondary N) is 1. The summed E-state index contributed by atoms with van der Waals surface area (Å²) < 4.78 is 5.55. The molecule has 0 amide bonds. The van der Waals surface area contributed by atoms with Crippen molar-refractivity contribution in [3.63, 3.8) is 0 Å². The molecule has 0 bridgehead atoms. The average molecular weight is 215 g/mol. The van der Waals surface area contributed by atoms with E-state index in [2.05, 4.69) is 43.4 Å². The van der Waals surface area contributed by atoms with Crippen LogP contribution in [0.25, 0.3) is 0 Å². The number of furan rings is 1. The van der Waals surface area contributed by atoms with Crippen LogP contribution in [0.3, 0.4) is 0 Å². The lowest BCUT2D eigenvalue weighted by Crippen LogP contribution is -2.17. The maximum Gasteiger partial charge on any atom is 0.128 e. The quantitative estimate of drug-likeness (QED) is 0.850. The van der Waals surface area contributed by atoms with Gasteiger partial charge in [-0.05, 0) is 38.1 Å². The second-order valence-electron chi connectivity index (χ2n) is 4.10. The zero-order valence-electron chi connectivity index (χ0n) is 9.95. The molecular formula is C14H17NO. The molecule has 0 radical (unpaired) electrons. The van der Waals surface area contributed by atoms with Crippen LogP contribution in [0.4, 0.5) is 0 Å². The number of benzene rings is 1. The number of aryl methyl sites for hydroxylation is 2. The molecule has 0 aliphatic carbocycles. The van der Waals surface area contributed by atoms with E-state index < -0.39 is 0 Å². The molecule has 0 aliphatic rings. The van der Waals surface area contributed by atoms with Crippen LogP contribution in [0.1, 0.15) is 28.5 Å². The molecule has 1 N–H and O–H groups in total. The second-order valence-corrected chi connectivity index (χ2v) is 4.10. The third-order valence-electron chi connectivity index (χ3n) is 2.83. The van der Waals surface area contributed by atoms with Crippen molar-refractivity contribution in [1.29, 1.82) is 0 Å². The molecule has 0 spiro atoms. The second kappa shape index (κ2) is 4.54. The smallest absolute Gasteiger partial charge is 0.128 e. The predicted molar refractivity (Wildman–Crippen MR) is 65.5 cm³/mol. The summed E-state index contributed by atoms with van der Waals surface area (Å²) in [6.07, 6.45) is 1.74. The Morgan fingerprint density at radius 2 is 2.00 bits per heavy atom. The van der Waals surface area contributed by atoms with Gasteiger partial charge in [0.05, 0.1) is 12.3 Å². The van der Waals surface area contributed by atoms with Crippen molar-refractivity contribution in [1.82, 2.24) is 5.32 Å². The molecule has 1 unspecified atom stereocenters. The highest BCUT2D eigenvalue weighted by Crippen LogP contribution is 2.25. The topological polar surface area (TPSA) is 25.2 Å². The molecule has 2 heteroatoms. The van der Waals surface area contributed by atoms with Gasteiger partial charge in [-0.15, -0.1) is 0 Å². The molecule has 1 heterocycles. The first-order valence-electron chi connectivity index (χ1n) is 5.50. The van der Waals surface area contributed by atoms with E-state index in [1.54, 1.807) is 6.26 Å². The van der Waals surface area contributed by atoms with Gasteiger partial charge in [-0.2, -0.15) is 0 Å². The maximum absolute atomic E-state index is 5.55. The molecule has 1 aromatic heterocycles. The summed E-state index contributed by atoms with van der Waals surface area (Å²) in [5.74, 6) is 0.994. The normalized spacial score (nSPS) is 12.7. The monoisotopic (exact) mass is 215 g/mol. The summed E-state index contributed by atoms with van der Waals surface area (Å²) in [5, 5.41) is 3.30. The fraction of sp³-hybridized carbons (Fsp3) is 0.286. The molecule has 0 saturated heterocycles. The molecule has 1 atom stereocenters. The molecule has 1 aromatic carbocycles. The van der Waals surface area contributed by atoms with Gasteiger partial charge in [0.1, 0.15) is 5.76 Å². The van der Waals surface area contributed by atoms with Crippen molar-refractivity contribution < 1.29 is 4.42 Å². The van der Waals surface area contributed by atoms with Crippen LogP contribution in [0, 0.1) is 13.8 Å². The van der Waals surface area contributed by atoms with E-state index in [9.17, 15) is 0 Å². The Morgan fingerprint density at radius 3 is 2.56 bits per heavy atom. The molecule has 0 aliphatic heterocycles. The van der Waals surface area contributed by atoms with Crippen LogP contribution >= 0.6 is 0 Å². The van der Waals surface area contributed by atoms with Crippen LogP contribution in [0.15, 0.2) is 41.0 Å². The van der Waals surface area contributed by atoms with E-state index in [0.717, 1.165) is 5.76 Å². The van der Waals surface area contributed by atoms with Crippen molar-refractivity contribution in [3.8, 4) is 0 Å². The zero-order chi connectivity index (χ0) is 11.5. The Morgan fingerprint density at radius 1 is 1.19 bits per heavy atom. The van der Waals surface area contributed by atoms with Crippen molar-refractivity contribution in [2.75, 3.05) is 7.05 Å². The van der Waals surface area contributed by atoms with Crippen LogP contribution in [0.2, 0.25) is 0 Å². The largest absolute Gasteiger partial charge is 0.467 e. The summed E-state index contributed by atoms with van der Waals surface area (Å²) in [4.78, 5) is 0. The summed E-state index contributed by atoms with van der Waals surface area (Å²) in [6.45, 7) is 4.17. The Labute approximate surface area is 96.3 Å². The molecule has 0 saturated carbocycles. The fourth-order valence-electron chi connectivity index (χ4n) is 1.98. The summed E-state index contributed by atoms with van der Waals surface area (Å²) in [5.41, 5.74) is 3.68. The van der Waals surface area contributed by atoms with E-state index in [1.807, 2.05) is 13.1 Å². The van der Waals surface area contributed by atoms with Gasteiger partial charge < -0.3 is 9.73 Å². The van der Waals surface area contributed by atoms with Crippen molar-refractivity contribution in [3.05, 3.63) is 59.0 Å². The van der Waals surface area contributed by atoms with Crippen molar-refractivity contribution in [2.45, 2.75) is 19.9 Å². The molecule has 2 rings (SSSR count). The van der Waals surface area contributed by atoms with Gasteiger partial charge >= 0.3 is 0 Å². The Balaban J connectivity index is 2.40. The Kier molecular flexibility index (Phi) is 3.11. The molecular weight excluding hydrogens is 198 g/mol. The maximum atomic E-state index is 5.55. The molecule has 0 fully saturated rings. The van der Waals surface area contributed by atoms with E-state index in [-0.39, 0.29) is 6.04 Å². The van der Waals surface area contributed by atoms with Crippen molar-refractivity contribution in [2.24, 2.45) is 0 Å². The SMILES string of the molecule is CNC(c1cccc(C)c1)c1occc1C. The van der Waals surface area contributed by atoms with Crippen LogP contribution in [0.5, 0.6) is 0 Å². The zero-order valence-corrected chi connectivity index (χ0v) is 9.95. The first-order chi connectivity index (χ1) is 7.72. The van der Waals surface area contributed by atoms with Gasteiger partial charge in [0.25, 0.3) is 0 Å². The van der Waals surface area contributed by atoms with Gasteiger partial charge in [0.15, 0.2) is 0 Å². The van der Waals surface area contributed by atoms with Crippen LogP contribution in [-0.4, -0.2) is 7.05 Å². The molecule has 2 aromatic rings. The first-order valence-corrected chi connectivity index (χ1v) is 5.50. The standard InChI is InChI=1S/C14H17NO/c1-10-5-4-6-12(9-10)13(15-3)14-11(2)7-8-16-14/h4-9,13,15H,1-3H3. The summed E-state index contributed by atoms with van der Waals surface area (Å²) in [7, 11) is 1.95. The van der Waals surface area contributed by atoms with Gasteiger partial charge in [-0.1, -0.05) is 29.8 Å². The van der Waals surface area contributed by atoms with Gasteiger partial charge in [0.2, 0.25) is 0 Å². The van der Waals surface area contributed by atoms with Crippen LogP contribution < -0.4 is 5.32 Å². The summed E-state index contributed by atoms with van der Waals surface area (Å²) in [6, 6.07) is 10.6. The fourth-order valence-corrected chi connectivity index (χ4v) is 1.98. The van der Waals surface area contributed by atoms with E-state index in [1.165, 1.54) is 16.7 Å². The third kappa shape index (κ3) is 2.02. The number of hydrogen-bond acceptors (Lipinski definition) is 2. The molecule has 84 valence electrons. The average Bonchev–Trinajstić information content (AvgIpc) is 2.67. The minimum atomic E-state index is 0.134. The van der Waals surface area contributed by atoms with Crippen LogP contribution in [-0.2, 0) is 0 Å². The Bertz CT molecular complexity index is 473. The molecule has 2 nitrogen and oxygen atoms in total. The van der Waals surface area contributed by atoms with E-state index in [0.29, 0.717) is 0 Å². The van der Waals surface area contributed by atoms with Gasteiger partial charge in [0, 0.05) is 0 Å². The van der Waals surface area contributed by atoms with Gasteiger partial charge in [-0.3, -0.25) is 0 Å². The third-order valence-corrected chi connectivity index (χ3v) is 2.83. The highest BCUT2D eigenvalue weighted by molar-refractivity contribution is 5.32. The first kappa shape index (κ1) is 11.0. The van der Waals surface area contributed by atoms with Gasteiger partial charge in [-0.25, -0.2) is 0 Å². The summed E-state index contributed by atoms with van der Waals surface area (Å²) >= 11 is 0. The highest BCUT2D eigenvalue weighted by atomic mass is 16.3. The minimum Gasteiger partial charge on any atom is -0.467 e.